The van der Waals surface area contributed by atoms with Gasteiger partial charge in [0.05, 0.1) is 0 Å². The minimum Gasteiger partial charge on any atom is -0.255 e. The van der Waals surface area contributed by atoms with Crippen molar-refractivity contribution in [2.45, 2.75) is 32.2 Å². The summed E-state index contributed by atoms with van der Waals surface area (Å²) in [7, 11) is 0. The zero-order valence-corrected chi connectivity index (χ0v) is 7.59. The van der Waals surface area contributed by atoms with E-state index in [0.717, 1.165) is 19.3 Å². The van der Waals surface area contributed by atoms with Gasteiger partial charge in [0.1, 0.15) is 0 Å². The Balaban J connectivity index is 2.25. The molecular formula is C11H16N. The average Bonchev–Trinajstić information content (AvgIpc) is 2.05. The maximum Gasteiger partial charge on any atom is 0.0184 e. The summed E-state index contributed by atoms with van der Waals surface area (Å²) in [6, 6.07) is 10.6. The lowest BCUT2D eigenvalue weighted by atomic mass is 10.1. The number of hydrogen-bond acceptors (Lipinski definition) is 0. The van der Waals surface area contributed by atoms with E-state index in [2.05, 4.69) is 24.3 Å². The number of benzene rings is 1. The highest BCUT2D eigenvalue weighted by atomic mass is 14.6. The Labute approximate surface area is 74.6 Å². The number of aryl methyl sites for hydroxylation is 1. The number of nitrogens with one attached hydrogen (secondary N) is 1. The third kappa shape index (κ3) is 3.54. The largest absolute Gasteiger partial charge is 0.255 e. The second-order valence-electron chi connectivity index (χ2n) is 3.28. The Hall–Kier alpha value is -0.820. The summed E-state index contributed by atoms with van der Waals surface area (Å²) in [6.45, 7) is 1.95. The van der Waals surface area contributed by atoms with Crippen molar-refractivity contribution < 1.29 is 0 Å². The maximum absolute atomic E-state index is 7.34. The summed E-state index contributed by atoms with van der Waals surface area (Å²) in [4.78, 5) is 0. The molecule has 0 aliphatic rings. The molecule has 1 atom stereocenters. The smallest absolute Gasteiger partial charge is 0.0184 e. The van der Waals surface area contributed by atoms with Crippen LogP contribution >= 0.6 is 0 Å². The van der Waals surface area contributed by atoms with E-state index < -0.39 is 0 Å². The normalized spacial score (nSPS) is 12.8. The van der Waals surface area contributed by atoms with Crippen LogP contribution in [0.15, 0.2) is 30.3 Å². The highest BCUT2D eigenvalue weighted by Gasteiger charge is 1.95. The van der Waals surface area contributed by atoms with Crippen molar-refractivity contribution in [2.75, 3.05) is 0 Å². The Morgan fingerprint density at radius 3 is 2.50 bits per heavy atom. The monoisotopic (exact) mass is 162 g/mol. The fourth-order valence-electron chi connectivity index (χ4n) is 1.26. The lowest BCUT2D eigenvalue weighted by Crippen LogP contribution is -2.02. The van der Waals surface area contributed by atoms with Crippen LogP contribution < -0.4 is 5.73 Å². The van der Waals surface area contributed by atoms with E-state index in [1.807, 2.05) is 13.0 Å². The van der Waals surface area contributed by atoms with Gasteiger partial charge in [0, 0.05) is 6.04 Å². The maximum atomic E-state index is 7.34. The first-order valence-corrected chi connectivity index (χ1v) is 4.54. The highest BCUT2D eigenvalue weighted by molar-refractivity contribution is 5.14. The van der Waals surface area contributed by atoms with Crippen LogP contribution in [-0.2, 0) is 6.42 Å². The molecular weight excluding hydrogens is 146 g/mol. The molecule has 1 unspecified atom stereocenters. The van der Waals surface area contributed by atoms with Crippen molar-refractivity contribution in [3.05, 3.63) is 35.9 Å². The third-order valence-electron chi connectivity index (χ3n) is 1.95. The first kappa shape index (κ1) is 9.27. The van der Waals surface area contributed by atoms with Gasteiger partial charge in [-0.2, -0.15) is 0 Å². The molecule has 1 aromatic carbocycles. The van der Waals surface area contributed by atoms with Crippen LogP contribution in [0.5, 0.6) is 0 Å². The quantitative estimate of drug-likeness (QED) is 0.650. The van der Waals surface area contributed by atoms with E-state index in [4.69, 9.17) is 5.73 Å². The molecule has 1 aromatic rings. The number of hydrogen-bond donors (Lipinski definition) is 0. The van der Waals surface area contributed by atoms with Crippen LogP contribution in [-0.4, -0.2) is 6.04 Å². The van der Waals surface area contributed by atoms with Crippen molar-refractivity contribution >= 4 is 0 Å². The Morgan fingerprint density at radius 1 is 1.25 bits per heavy atom. The lowest BCUT2D eigenvalue weighted by Gasteiger charge is -2.03. The molecule has 0 spiro atoms. The second kappa shape index (κ2) is 4.94. The molecule has 0 heterocycles. The molecule has 65 valence electrons. The molecule has 0 bridgehead atoms. The van der Waals surface area contributed by atoms with Gasteiger partial charge in [-0.3, -0.25) is 5.73 Å². The van der Waals surface area contributed by atoms with Crippen molar-refractivity contribution in [3.8, 4) is 0 Å². The molecule has 1 heteroatoms. The molecule has 12 heavy (non-hydrogen) atoms. The van der Waals surface area contributed by atoms with Gasteiger partial charge in [0.2, 0.25) is 0 Å². The number of rotatable bonds is 4. The van der Waals surface area contributed by atoms with Gasteiger partial charge in [-0.25, -0.2) is 0 Å². The molecule has 0 saturated heterocycles. The topological polar surface area (TPSA) is 23.8 Å². The summed E-state index contributed by atoms with van der Waals surface area (Å²) in [5.74, 6) is 0. The van der Waals surface area contributed by atoms with E-state index >= 15 is 0 Å². The van der Waals surface area contributed by atoms with Crippen LogP contribution in [0.3, 0.4) is 0 Å². The summed E-state index contributed by atoms with van der Waals surface area (Å²) in [5, 5.41) is 0. The van der Waals surface area contributed by atoms with Crippen LogP contribution in [0.1, 0.15) is 25.3 Å². The first-order chi connectivity index (χ1) is 5.79. The predicted octanol–water partition coefficient (Wildman–Crippen LogP) is 2.68. The second-order valence-corrected chi connectivity index (χ2v) is 3.28. The van der Waals surface area contributed by atoms with Gasteiger partial charge in [-0.05, 0) is 31.7 Å². The van der Waals surface area contributed by atoms with Gasteiger partial charge in [0.15, 0.2) is 0 Å². The summed E-state index contributed by atoms with van der Waals surface area (Å²) >= 11 is 0. The summed E-state index contributed by atoms with van der Waals surface area (Å²) in [5.41, 5.74) is 8.73. The molecule has 0 aliphatic carbocycles. The lowest BCUT2D eigenvalue weighted by molar-refractivity contribution is 0.610. The van der Waals surface area contributed by atoms with Crippen LogP contribution in [0, 0.1) is 0 Å². The first-order valence-electron chi connectivity index (χ1n) is 4.54. The molecule has 0 aromatic heterocycles. The zero-order chi connectivity index (χ0) is 8.81. The average molecular weight is 162 g/mol. The Bertz CT molecular complexity index is 204. The van der Waals surface area contributed by atoms with Crippen LogP contribution in [0.25, 0.3) is 0 Å². The van der Waals surface area contributed by atoms with Gasteiger partial charge < -0.3 is 0 Å². The SMILES string of the molecule is CC([NH])CCCc1ccccc1. The fourth-order valence-corrected chi connectivity index (χ4v) is 1.26. The van der Waals surface area contributed by atoms with Crippen LogP contribution in [0.2, 0.25) is 0 Å². The standard InChI is InChI=1S/C11H16N/c1-10(12)6-5-9-11-7-3-2-4-8-11/h2-4,7-8,10,12H,5-6,9H2,1H3. The molecule has 0 aliphatic heterocycles. The molecule has 1 nitrogen and oxygen atoms in total. The van der Waals surface area contributed by atoms with E-state index in [1.54, 1.807) is 0 Å². The molecule has 0 saturated carbocycles. The Morgan fingerprint density at radius 2 is 1.92 bits per heavy atom. The van der Waals surface area contributed by atoms with Crippen molar-refractivity contribution in [3.63, 3.8) is 0 Å². The Kier molecular flexibility index (Phi) is 3.81. The van der Waals surface area contributed by atoms with E-state index in [9.17, 15) is 0 Å². The molecule has 0 amide bonds. The van der Waals surface area contributed by atoms with Crippen molar-refractivity contribution in [2.24, 2.45) is 0 Å². The minimum atomic E-state index is 0.0914. The van der Waals surface area contributed by atoms with Gasteiger partial charge in [0.25, 0.3) is 0 Å². The van der Waals surface area contributed by atoms with Gasteiger partial charge in [-0.15, -0.1) is 0 Å². The van der Waals surface area contributed by atoms with Gasteiger partial charge >= 0.3 is 0 Å². The van der Waals surface area contributed by atoms with E-state index in [1.165, 1.54) is 5.56 Å². The third-order valence-corrected chi connectivity index (χ3v) is 1.95. The molecule has 1 rings (SSSR count). The summed E-state index contributed by atoms with van der Waals surface area (Å²) in [6.07, 6.45) is 3.26. The van der Waals surface area contributed by atoms with Crippen molar-refractivity contribution in [1.82, 2.24) is 5.73 Å². The molecule has 1 N–H and O–H groups in total. The predicted molar refractivity (Wildman–Crippen MR) is 51.9 cm³/mol. The van der Waals surface area contributed by atoms with E-state index in [-0.39, 0.29) is 6.04 Å². The minimum absolute atomic E-state index is 0.0914. The van der Waals surface area contributed by atoms with Gasteiger partial charge in [-0.1, -0.05) is 30.3 Å². The summed E-state index contributed by atoms with van der Waals surface area (Å²) < 4.78 is 0. The fraction of sp³-hybridized carbons (Fsp3) is 0.455. The van der Waals surface area contributed by atoms with Crippen molar-refractivity contribution in [1.29, 1.82) is 0 Å². The van der Waals surface area contributed by atoms with E-state index in [0.29, 0.717) is 0 Å². The zero-order valence-electron chi connectivity index (χ0n) is 7.59. The molecule has 1 radical (unpaired) electrons. The highest BCUT2D eigenvalue weighted by Crippen LogP contribution is 2.05. The molecule has 0 fully saturated rings. The van der Waals surface area contributed by atoms with Crippen LogP contribution in [0.4, 0.5) is 0 Å².